The molecule has 5 rings (SSSR count). The number of anilines is 4. The lowest BCUT2D eigenvalue weighted by Crippen LogP contribution is -2.22. The van der Waals surface area contributed by atoms with Crippen molar-refractivity contribution in [2.75, 3.05) is 29.0 Å². The molecular formula is C22H22ClN9S. The first kappa shape index (κ1) is 21.5. The van der Waals surface area contributed by atoms with Crippen molar-refractivity contribution in [2.45, 2.75) is 23.8 Å². The number of nitrogens with two attached hydrogens (primary N) is 1. The van der Waals surface area contributed by atoms with Gasteiger partial charge in [0.15, 0.2) is 5.16 Å². The van der Waals surface area contributed by atoms with Crippen LogP contribution in [-0.2, 0) is 5.75 Å². The first-order valence-electron chi connectivity index (χ1n) is 10.6. The van der Waals surface area contributed by atoms with E-state index in [9.17, 15) is 0 Å². The van der Waals surface area contributed by atoms with Crippen LogP contribution in [-0.4, -0.2) is 42.8 Å². The summed E-state index contributed by atoms with van der Waals surface area (Å²) in [5, 5.41) is 13.5. The van der Waals surface area contributed by atoms with E-state index in [-0.39, 0.29) is 5.95 Å². The van der Waals surface area contributed by atoms with Gasteiger partial charge in [-0.15, -0.1) is 10.2 Å². The molecule has 168 valence electrons. The van der Waals surface area contributed by atoms with Crippen LogP contribution in [0.15, 0.2) is 59.8 Å². The molecule has 0 radical (unpaired) electrons. The van der Waals surface area contributed by atoms with E-state index >= 15 is 0 Å². The molecule has 1 fully saturated rings. The summed E-state index contributed by atoms with van der Waals surface area (Å²) in [5.74, 6) is 2.34. The summed E-state index contributed by atoms with van der Waals surface area (Å²) in [6, 6.07) is 17.4. The van der Waals surface area contributed by atoms with Gasteiger partial charge in [0, 0.05) is 18.8 Å². The third-order valence-electron chi connectivity index (χ3n) is 5.16. The Labute approximate surface area is 200 Å². The minimum absolute atomic E-state index is 0.157. The van der Waals surface area contributed by atoms with Crippen molar-refractivity contribution in [1.29, 1.82) is 0 Å². The highest BCUT2D eigenvalue weighted by molar-refractivity contribution is 7.98. The molecule has 2 aromatic carbocycles. The zero-order valence-corrected chi connectivity index (χ0v) is 19.3. The standard InChI is InChI=1S/C22H22ClN9S/c23-16-10-4-5-11-17(16)32-21(31-12-6-7-13-31)29-30-22(32)33-14-18-26-19(24)28-20(27-18)25-15-8-2-1-3-9-15/h1-5,8-11H,6-7,12-14H2,(H3,24,25,26,27,28). The first-order valence-corrected chi connectivity index (χ1v) is 11.9. The maximum absolute atomic E-state index is 6.54. The van der Waals surface area contributed by atoms with Crippen LogP contribution >= 0.6 is 23.4 Å². The number of benzene rings is 2. The zero-order chi connectivity index (χ0) is 22.6. The van der Waals surface area contributed by atoms with Gasteiger partial charge in [-0.2, -0.15) is 15.0 Å². The molecule has 1 aliphatic rings. The Morgan fingerprint density at radius 3 is 2.48 bits per heavy atom. The quantitative estimate of drug-likeness (QED) is 0.374. The van der Waals surface area contributed by atoms with Crippen molar-refractivity contribution < 1.29 is 0 Å². The molecule has 0 bridgehead atoms. The van der Waals surface area contributed by atoms with Gasteiger partial charge in [0.25, 0.3) is 0 Å². The molecule has 0 atom stereocenters. The predicted molar refractivity (Wildman–Crippen MR) is 131 cm³/mol. The van der Waals surface area contributed by atoms with Crippen LogP contribution < -0.4 is 16.0 Å². The van der Waals surface area contributed by atoms with Crippen LogP contribution in [0.5, 0.6) is 0 Å². The van der Waals surface area contributed by atoms with Crippen LogP contribution in [0.25, 0.3) is 5.69 Å². The van der Waals surface area contributed by atoms with E-state index in [0.29, 0.717) is 27.7 Å². The molecule has 33 heavy (non-hydrogen) atoms. The average molecular weight is 480 g/mol. The lowest BCUT2D eigenvalue weighted by Gasteiger charge is -2.19. The largest absolute Gasteiger partial charge is 0.368 e. The van der Waals surface area contributed by atoms with Gasteiger partial charge >= 0.3 is 0 Å². The van der Waals surface area contributed by atoms with Crippen LogP contribution in [0.3, 0.4) is 0 Å². The van der Waals surface area contributed by atoms with E-state index < -0.39 is 0 Å². The van der Waals surface area contributed by atoms with Crippen LogP contribution in [0, 0.1) is 0 Å². The Bertz CT molecular complexity index is 1240. The third-order valence-corrected chi connectivity index (χ3v) is 6.40. The molecule has 1 aliphatic heterocycles. The molecule has 11 heteroatoms. The summed E-state index contributed by atoms with van der Waals surface area (Å²) in [7, 11) is 0. The van der Waals surface area contributed by atoms with E-state index in [2.05, 4.69) is 35.4 Å². The van der Waals surface area contributed by atoms with E-state index in [1.54, 1.807) is 0 Å². The van der Waals surface area contributed by atoms with Crippen LogP contribution in [0.4, 0.5) is 23.5 Å². The number of rotatable bonds is 7. The Hall–Kier alpha value is -3.37. The van der Waals surface area contributed by atoms with Crippen molar-refractivity contribution in [3.8, 4) is 5.69 Å². The van der Waals surface area contributed by atoms with E-state index in [0.717, 1.165) is 43.3 Å². The Kier molecular flexibility index (Phi) is 6.27. The summed E-state index contributed by atoms with van der Waals surface area (Å²) in [6.07, 6.45) is 2.28. The number of nitrogen functional groups attached to an aromatic ring is 1. The number of thioether (sulfide) groups is 1. The fourth-order valence-corrected chi connectivity index (χ4v) is 4.67. The Morgan fingerprint density at radius 2 is 1.70 bits per heavy atom. The molecule has 4 aromatic rings. The average Bonchev–Trinajstić information content (AvgIpc) is 3.48. The topological polar surface area (TPSA) is 111 Å². The normalized spacial score (nSPS) is 13.4. The third kappa shape index (κ3) is 4.86. The second-order valence-electron chi connectivity index (χ2n) is 7.48. The Morgan fingerprint density at radius 1 is 0.939 bits per heavy atom. The highest BCUT2D eigenvalue weighted by Crippen LogP contribution is 2.32. The number of halogens is 1. The minimum Gasteiger partial charge on any atom is -0.368 e. The minimum atomic E-state index is 0.157. The molecule has 1 saturated heterocycles. The number of hydrogen-bond acceptors (Lipinski definition) is 9. The van der Waals surface area contributed by atoms with Crippen LogP contribution in [0.2, 0.25) is 5.02 Å². The molecule has 0 unspecified atom stereocenters. The summed E-state index contributed by atoms with van der Waals surface area (Å²) >= 11 is 8.02. The number of aromatic nitrogens is 6. The zero-order valence-electron chi connectivity index (χ0n) is 17.7. The molecule has 0 saturated carbocycles. The van der Waals surface area contributed by atoms with Gasteiger partial charge in [0.2, 0.25) is 17.8 Å². The fraction of sp³-hybridized carbons (Fsp3) is 0.227. The first-order chi connectivity index (χ1) is 16.2. The van der Waals surface area contributed by atoms with Gasteiger partial charge in [0.05, 0.1) is 16.5 Å². The smallest absolute Gasteiger partial charge is 0.232 e. The second kappa shape index (κ2) is 9.63. The fourth-order valence-electron chi connectivity index (χ4n) is 3.66. The van der Waals surface area contributed by atoms with Crippen molar-refractivity contribution in [3.63, 3.8) is 0 Å². The van der Waals surface area contributed by atoms with Gasteiger partial charge in [-0.1, -0.05) is 53.7 Å². The highest BCUT2D eigenvalue weighted by atomic mass is 35.5. The molecule has 3 N–H and O–H groups in total. The number of para-hydroxylation sites is 2. The van der Waals surface area contributed by atoms with Crippen molar-refractivity contribution in [3.05, 3.63) is 65.4 Å². The molecular weight excluding hydrogens is 458 g/mol. The molecule has 2 aromatic heterocycles. The van der Waals surface area contributed by atoms with Gasteiger partial charge in [-0.3, -0.25) is 4.57 Å². The maximum atomic E-state index is 6.54. The summed E-state index contributed by atoms with van der Waals surface area (Å²) in [4.78, 5) is 15.3. The maximum Gasteiger partial charge on any atom is 0.232 e. The van der Waals surface area contributed by atoms with Gasteiger partial charge in [-0.05, 0) is 37.1 Å². The molecule has 3 heterocycles. The molecule has 9 nitrogen and oxygen atoms in total. The summed E-state index contributed by atoms with van der Waals surface area (Å²) < 4.78 is 2.01. The highest BCUT2D eigenvalue weighted by Gasteiger charge is 2.23. The van der Waals surface area contributed by atoms with Crippen molar-refractivity contribution in [2.24, 2.45) is 0 Å². The summed E-state index contributed by atoms with van der Waals surface area (Å²) in [5.41, 5.74) is 7.65. The molecule has 0 aliphatic carbocycles. The van der Waals surface area contributed by atoms with E-state index in [1.165, 1.54) is 11.8 Å². The van der Waals surface area contributed by atoms with Gasteiger partial charge in [-0.25, -0.2) is 0 Å². The van der Waals surface area contributed by atoms with Gasteiger partial charge in [0.1, 0.15) is 5.82 Å². The second-order valence-corrected chi connectivity index (χ2v) is 8.83. The predicted octanol–water partition coefficient (Wildman–Crippen LogP) is 4.32. The van der Waals surface area contributed by atoms with Gasteiger partial charge < -0.3 is 16.0 Å². The number of nitrogens with one attached hydrogen (secondary N) is 1. The van der Waals surface area contributed by atoms with Crippen molar-refractivity contribution in [1.82, 2.24) is 29.7 Å². The lowest BCUT2D eigenvalue weighted by atomic mass is 10.3. The number of nitrogens with zero attached hydrogens (tertiary/aromatic N) is 7. The SMILES string of the molecule is Nc1nc(CSc2nnc(N3CCCC3)n2-c2ccccc2Cl)nc(Nc2ccccc2)n1. The number of hydrogen-bond donors (Lipinski definition) is 2. The van der Waals surface area contributed by atoms with E-state index in [1.807, 2.05) is 59.2 Å². The van der Waals surface area contributed by atoms with Crippen LogP contribution in [0.1, 0.15) is 18.7 Å². The Balaban J connectivity index is 1.41. The van der Waals surface area contributed by atoms with Crippen molar-refractivity contribution >= 4 is 46.9 Å². The molecule has 0 spiro atoms. The summed E-state index contributed by atoms with van der Waals surface area (Å²) in [6.45, 7) is 1.90. The monoisotopic (exact) mass is 479 g/mol. The van der Waals surface area contributed by atoms with E-state index in [4.69, 9.17) is 17.3 Å². The lowest BCUT2D eigenvalue weighted by molar-refractivity contribution is 0.840. The molecule has 0 amide bonds.